The molecule has 1 amide bonds. The van der Waals surface area contributed by atoms with Gasteiger partial charge in [0.2, 0.25) is 5.91 Å². The number of carbonyl (C=O) groups excluding carboxylic acids is 3. The molecule has 0 radical (unpaired) electrons. The summed E-state index contributed by atoms with van der Waals surface area (Å²) in [4.78, 5) is 41.0. The molecule has 0 aliphatic carbocycles. The molecule has 0 bridgehead atoms. The van der Waals surface area contributed by atoms with Crippen molar-refractivity contribution in [3.05, 3.63) is 90.3 Å². The first-order valence-corrected chi connectivity index (χ1v) is 12.6. The van der Waals surface area contributed by atoms with Crippen molar-refractivity contribution >= 4 is 17.8 Å². The number of aromatic nitrogens is 1. The lowest BCUT2D eigenvalue weighted by atomic mass is 9.94. The van der Waals surface area contributed by atoms with Gasteiger partial charge in [0.05, 0.1) is 18.9 Å². The van der Waals surface area contributed by atoms with Gasteiger partial charge in [-0.2, -0.15) is 0 Å². The van der Waals surface area contributed by atoms with Gasteiger partial charge in [0.25, 0.3) is 0 Å². The van der Waals surface area contributed by atoms with Crippen LogP contribution in [-0.2, 0) is 36.9 Å². The van der Waals surface area contributed by atoms with Crippen molar-refractivity contribution in [3.8, 4) is 11.1 Å². The van der Waals surface area contributed by atoms with E-state index in [0.29, 0.717) is 19.4 Å². The van der Waals surface area contributed by atoms with Crippen molar-refractivity contribution in [1.29, 1.82) is 0 Å². The normalized spacial score (nSPS) is 12.3. The maximum absolute atomic E-state index is 12.7. The molecule has 194 valence electrons. The van der Waals surface area contributed by atoms with Crippen molar-refractivity contribution in [2.45, 2.75) is 52.2 Å². The molecule has 1 unspecified atom stereocenters. The van der Waals surface area contributed by atoms with E-state index in [0.717, 1.165) is 22.3 Å². The Hall–Kier alpha value is -4.00. The smallest absolute Gasteiger partial charge is 0.308 e. The van der Waals surface area contributed by atoms with E-state index < -0.39 is 5.97 Å². The third kappa shape index (κ3) is 9.52. The van der Waals surface area contributed by atoms with Crippen LogP contribution in [0.25, 0.3) is 11.1 Å². The molecule has 2 aromatic carbocycles. The van der Waals surface area contributed by atoms with Gasteiger partial charge in [0.1, 0.15) is 6.61 Å². The molecule has 37 heavy (non-hydrogen) atoms. The number of rotatable bonds is 13. The van der Waals surface area contributed by atoms with Crippen LogP contribution in [0.4, 0.5) is 0 Å². The summed E-state index contributed by atoms with van der Waals surface area (Å²) in [5.74, 6) is -1.37. The van der Waals surface area contributed by atoms with Crippen LogP contribution in [-0.4, -0.2) is 35.5 Å². The topological polar surface area (TPSA) is 94.6 Å². The van der Waals surface area contributed by atoms with Crippen molar-refractivity contribution in [2.75, 3.05) is 6.61 Å². The fourth-order valence-corrected chi connectivity index (χ4v) is 3.98. The Balaban J connectivity index is 1.57. The second kappa shape index (κ2) is 14.5. The zero-order valence-electron chi connectivity index (χ0n) is 21.4. The summed E-state index contributed by atoms with van der Waals surface area (Å²) in [6, 6.07) is 21.5. The van der Waals surface area contributed by atoms with E-state index >= 15 is 0 Å². The highest BCUT2D eigenvalue weighted by Gasteiger charge is 2.22. The maximum Gasteiger partial charge on any atom is 0.308 e. The Morgan fingerprint density at radius 1 is 0.838 bits per heavy atom. The first kappa shape index (κ1) is 27.6. The van der Waals surface area contributed by atoms with E-state index in [2.05, 4.69) is 34.6 Å². The molecule has 0 saturated heterocycles. The second-order valence-corrected chi connectivity index (χ2v) is 8.94. The minimum Gasteiger partial charge on any atom is -0.466 e. The number of esters is 2. The van der Waals surface area contributed by atoms with Gasteiger partial charge in [-0.15, -0.1) is 0 Å². The van der Waals surface area contributed by atoms with Gasteiger partial charge in [-0.3, -0.25) is 19.4 Å². The molecule has 1 aromatic heterocycles. The van der Waals surface area contributed by atoms with Crippen LogP contribution in [0.1, 0.15) is 44.2 Å². The Labute approximate surface area is 218 Å². The van der Waals surface area contributed by atoms with Crippen LogP contribution in [0, 0.1) is 5.92 Å². The number of nitrogens with one attached hydrogen (secondary N) is 1. The predicted octanol–water partition coefficient (Wildman–Crippen LogP) is 4.89. The summed E-state index contributed by atoms with van der Waals surface area (Å²) in [5, 5.41) is 3.01. The maximum atomic E-state index is 12.7. The second-order valence-electron chi connectivity index (χ2n) is 8.94. The lowest BCUT2D eigenvalue weighted by Gasteiger charge is -2.22. The lowest BCUT2D eigenvalue weighted by molar-refractivity contribution is -0.148. The van der Waals surface area contributed by atoms with E-state index in [1.54, 1.807) is 38.4 Å². The predicted molar refractivity (Wildman–Crippen MR) is 141 cm³/mol. The Morgan fingerprint density at radius 2 is 1.51 bits per heavy atom. The number of nitrogens with zero attached hydrogens (tertiary/aromatic N) is 1. The molecule has 2 atom stereocenters. The summed E-state index contributed by atoms with van der Waals surface area (Å²) in [7, 11) is 0. The quantitative estimate of drug-likeness (QED) is 0.335. The number of ether oxygens (including phenoxy) is 2. The summed E-state index contributed by atoms with van der Waals surface area (Å²) in [5.41, 5.74) is 4.11. The number of pyridine rings is 1. The molecule has 0 aliphatic rings. The van der Waals surface area contributed by atoms with Gasteiger partial charge >= 0.3 is 11.9 Å². The summed E-state index contributed by atoms with van der Waals surface area (Å²) >= 11 is 0. The SMILES string of the molecule is CCOC(=O)C(C)C[C@@H](Cc1ccc(-c2ccccc2)cc1)NC(=O)CCC(=O)OCc1ccncc1. The van der Waals surface area contributed by atoms with E-state index in [1.807, 2.05) is 30.3 Å². The molecule has 7 heteroatoms. The zero-order valence-corrected chi connectivity index (χ0v) is 21.4. The third-order valence-corrected chi connectivity index (χ3v) is 5.94. The van der Waals surface area contributed by atoms with Crippen LogP contribution < -0.4 is 5.32 Å². The average molecular weight is 503 g/mol. The molecule has 1 N–H and O–H groups in total. The van der Waals surface area contributed by atoms with Gasteiger partial charge < -0.3 is 14.8 Å². The fraction of sp³-hybridized carbons (Fsp3) is 0.333. The molecule has 0 aliphatic heterocycles. The Bertz CT molecular complexity index is 1130. The first-order chi connectivity index (χ1) is 17.9. The number of benzene rings is 2. The number of hydrogen-bond acceptors (Lipinski definition) is 6. The summed E-state index contributed by atoms with van der Waals surface area (Å²) in [6.45, 7) is 4.02. The van der Waals surface area contributed by atoms with Crippen molar-refractivity contribution in [1.82, 2.24) is 10.3 Å². The van der Waals surface area contributed by atoms with Gasteiger partial charge in [-0.1, -0.05) is 61.5 Å². The van der Waals surface area contributed by atoms with Crippen LogP contribution in [0.3, 0.4) is 0 Å². The number of hydrogen-bond donors (Lipinski definition) is 1. The van der Waals surface area contributed by atoms with Gasteiger partial charge in [0, 0.05) is 24.9 Å². The molecule has 3 rings (SSSR count). The van der Waals surface area contributed by atoms with E-state index in [9.17, 15) is 14.4 Å². The van der Waals surface area contributed by atoms with Crippen molar-refractivity contribution in [2.24, 2.45) is 5.92 Å². The molecule has 0 saturated carbocycles. The van der Waals surface area contributed by atoms with E-state index in [1.165, 1.54) is 0 Å². The Kier molecular flexibility index (Phi) is 10.8. The summed E-state index contributed by atoms with van der Waals surface area (Å²) in [6.07, 6.45) is 4.22. The molecular weight excluding hydrogens is 468 g/mol. The molecule has 0 spiro atoms. The van der Waals surface area contributed by atoms with E-state index in [-0.39, 0.29) is 43.3 Å². The number of amides is 1. The summed E-state index contributed by atoms with van der Waals surface area (Å²) < 4.78 is 10.4. The first-order valence-electron chi connectivity index (χ1n) is 12.6. The Morgan fingerprint density at radius 3 is 2.19 bits per heavy atom. The molecule has 0 fully saturated rings. The fourth-order valence-electron chi connectivity index (χ4n) is 3.98. The molecule has 3 aromatic rings. The van der Waals surface area contributed by atoms with Crippen molar-refractivity contribution < 1.29 is 23.9 Å². The standard InChI is InChI=1S/C30H34N2O5/c1-3-36-30(35)22(2)19-27(20-23-9-11-26(12-10-23)25-7-5-4-6-8-25)32-28(33)13-14-29(34)37-21-24-15-17-31-18-16-24/h4-12,15-18,22,27H,3,13-14,19-21H2,1-2H3,(H,32,33)/t22?,27-/m0/s1. The van der Waals surface area contributed by atoms with Crippen LogP contribution in [0.15, 0.2) is 79.1 Å². The largest absolute Gasteiger partial charge is 0.466 e. The highest BCUT2D eigenvalue weighted by atomic mass is 16.5. The average Bonchev–Trinajstić information content (AvgIpc) is 2.92. The molecular formula is C30H34N2O5. The zero-order chi connectivity index (χ0) is 26.5. The monoisotopic (exact) mass is 502 g/mol. The van der Waals surface area contributed by atoms with Gasteiger partial charge in [-0.05, 0) is 54.2 Å². The van der Waals surface area contributed by atoms with E-state index in [4.69, 9.17) is 9.47 Å². The van der Waals surface area contributed by atoms with Gasteiger partial charge in [0.15, 0.2) is 0 Å². The minimum absolute atomic E-state index is 0.00636. The molecule has 7 nitrogen and oxygen atoms in total. The number of carbonyl (C=O) groups is 3. The van der Waals surface area contributed by atoms with Crippen molar-refractivity contribution in [3.63, 3.8) is 0 Å². The lowest BCUT2D eigenvalue weighted by Crippen LogP contribution is -2.39. The third-order valence-electron chi connectivity index (χ3n) is 5.94. The molecule has 1 heterocycles. The van der Waals surface area contributed by atoms with Crippen LogP contribution in [0.2, 0.25) is 0 Å². The highest BCUT2D eigenvalue weighted by molar-refractivity contribution is 5.81. The highest BCUT2D eigenvalue weighted by Crippen LogP contribution is 2.21. The minimum atomic E-state index is -0.445. The van der Waals surface area contributed by atoms with Crippen LogP contribution in [0.5, 0.6) is 0 Å². The van der Waals surface area contributed by atoms with Gasteiger partial charge in [-0.25, -0.2) is 0 Å². The van der Waals surface area contributed by atoms with Crippen LogP contribution >= 0.6 is 0 Å².